The van der Waals surface area contributed by atoms with Crippen molar-refractivity contribution in [3.05, 3.63) is 63.5 Å². The van der Waals surface area contributed by atoms with Crippen molar-refractivity contribution in [3.63, 3.8) is 0 Å². The first kappa shape index (κ1) is 19.1. The van der Waals surface area contributed by atoms with E-state index >= 15 is 0 Å². The van der Waals surface area contributed by atoms with Crippen LogP contribution in [0.15, 0.2) is 51.6 Å². The molecule has 1 aliphatic heterocycles. The van der Waals surface area contributed by atoms with E-state index in [0.29, 0.717) is 40.3 Å². The average Bonchev–Trinajstić information content (AvgIpc) is 2.99. The Morgan fingerprint density at radius 3 is 2.67 bits per heavy atom. The van der Waals surface area contributed by atoms with Gasteiger partial charge in [-0.15, -0.1) is 0 Å². The molecule has 0 N–H and O–H groups in total. The Kier molecular flexibility index (Phi) is 5.91. The van der Waals surface area contributed by atoms with Crippen LogP contribution in [0.2, 0.25) is 0 Å². The topological polar surface area (TPSA) is 57.1 Å². The lowest BCUT2D eigenvalue weighted by Gasteiger charge is -2.13. The molecular weight excluding hydrogens is 417 g/mol. The summed E-state index contributed by atoms with van der Waals surface area (Å²) in [4.78, 5) is 16.3. The van der Waals surface area contributed by atoms with Gasteiger partial charge in [0.2, 0.25) is 5.90 Å². The summed E-state index contributed by atoms with van der Waals surface area (Å²) in [6.07, 6.45) is 1.58. The molecule has 0 unspecified atom stereocenters. The highest BCUT2D eigenvalue weighted by atomic mass is 79.9. The smallest absolute Gasteiger partial charge is 0.363 e. The number of aliphatic imine (C=N–C) groups is 1. The van der Waals surface area contributed by atoms with Gasteiger partial charge in [0.15, 0.2) is 17.2 Å². The zero-order valence-electron chi connectivity index (χ0n) is 14.8. The zero-order valence-corrected chi connectivity index (χ0v) is 16.4. The second-order valence-electron chi connectivity index (χ2n) is 5.54. The largest absolute Gasteiger partial charge is 0.490 e. The Morgan fingerprint density at radius 2 is 1.96 bits per heavy atom. The van der Waals surface area contributed by atoms with Crippen LogP contribution in [0.25, 0.3) is 6.08 Å². The van der Waals surface area contributed by atoms with E-state index in [-0.39, 0.29) is 11.6 Å². The van der Waals surface area contributed by atoms with Gasteiger partial charge in [0.05, 0.1) is 17.7 Å². The van der Waals surface area contributed by atoms with Crippen LogP contribution in [0.1, 0.15) is 25.0 Å². The Bertz CT molecular complexity index is 940. The van der Waals surface area contributed by atoms with Crippen molar-refractivity contribution in [1.82, 2.24) is 0 Å². The molecule has 0 amide bonds. The molecule has 140 valence electrons. The van der Waals surface area contributed by atoms with Gasteiger partial charge in [-0.2, -0.15) is 0 Å². The van der Waals surface area contributed by atoms with E-state index in [2.05, 4.69) is 20.9 Å². The molecule has 0 saturated heterocycles. The lowest BCUT2D eigenvalue weighted by Crippen LogP contribution is -2.05. The number of ether oxygens (including phenoxy) is 3. The van der Waals surface area contributed by atoms with E-state index in [0.717, 1.165) is 0 Å². The van der Waals surface area contributed by atoms with Crippen molar-refractivity contribution in [3.8, 4) is 11.5 Å². The second-order valence-corrected chi connectivity index (χ2v) is 6.40. The van der Waals surface area contributed by atoms with Gasteiger partial charge in [0, 0.05) is 5.56 Å². The molecule has 5 nitrogen and oxygen atoms in total. The van der Waals surface area contributed by atoms with Gasteiger partial charge in [-0.25, -0.2) is 14.2 Å². The fourth-order valence-corrected chi connectivity index (χ4v) is 3.10. The van der Waals surface area contributed by atoms with Crippen molar-refractivity contribution in [2.75, 3.05) is 13.2 Å². The third-order valence-corrected chi connectivity index (χ3v) is 4.20. The minimum atomic E-state index is -0.600. The Labute approximate surface area is 164 Å². The second kappa shape index (κ2) is 8.35. The molecule has 27 heavy (non-hydrogen) atoms. The van der Waals surface area contributed by atoms with E-state index in [1.807, 2.05) is 13.8 Å². The number of hydrogen-bond donors (Lipinski definition) is 0. The van der Waals surface area contributed by atoms with E-state index in [1.54, 1.807) is 24.3 Å². The van der Waals surface area contributed by atoms with Crippen LogP contribution < -0.4 is 9.47 Å². The molecule has 0 bridgehead atoms. The molecule has 0 spiro atoms. The minimum absolute atomic E-state index is 0.0702. The fourth-order valence-electron chi connectivity index (χ4n) is 2.53. The summed E-state index contributed by atoms with van der Waals surface area (Å²) in [7, 11) is 0. The number of cyclic esters (lactones) is 1. The number of halogens is 2. The van der Waals surface area contributed by atoms with Crippen LogP contribution >= 0.6 is 15.9 Å². The maximum atomic E-state index is 13.4. The van der Waals surface area contributed by atoms with E-state index in [1.165, 1.54) is 18.2 Å². The minimum Gasteiger partial charge on any atom is -0.490 e. The first-order valence-electron chi connectivity index (χ1n) is 8.39. The third kappa shape index (κ3) is 4.36. The zero-order chi connectivity index (χ0) is 19.4. The number of benzene rings is 2. The molecule has 0 aromatic heterocycles. The molecule has 3 rings (SSSR count). The predicted molar refractivity (Wildman–Crippen MR) is 103 cm³/mol. The van der Waals surface area contributed by atoms with Crippen molar-refractivity contribution in [2.45, 2.75) is 13.8 Å². The van der Waals surface area contributed by atoms with Crippen LogP contribution in [0.4, 0.5) is 4.39 Å². The lowest BCUT2D eigenvalue weighted by molar-refractivity contribution is -0.129. The molecule has 2 aromatic rings. The number of nitrogens with zero attached hydrogens (tertiary/aromatic N) is 1. The van der Waals surface area contributed by atoms with Crippen LogP contribution in [0.5, 0.6) is 11.5 Å². The average molecular weight is 434 g/mol. The molecule has 0 radical (unpaired) electrons. The summed E-state index contributed by atoms with van der Waals surface area (Å²) in [6.45, 7) is 4.72. The molecule has 0 saturated carbocycles. The third-order valence-electron chi connectivity index (χ3n) is 3.62. The van der Waals surface area contributed by atoms with Crippen molar-refractivity contribution >= 4 is 33.9 Å². The monoisotopic (exact) mass is 433 g/mol. The first-order valence-corrected chi connectivity index (χ1v) is 9.18. The Morgan fingerprint density at radius 1 is 1.19 bits per heavy atom. The van der Waals surface area contributed by atoms with E-state index in [9.17, 15) is 9.18 Å². The number of rotatable bonds is 6. The molecule has 2 aromatic carbocycles. The summed E-state index contributed by atoms with van der Waals surface area (Å²) in [5.41, 5.74) is 1.20. The summed E-state index contributed by atoms with van der Waals surface area (Å²) in [5, 5.41) is 0. The van der Waals surface area contributed by atoms with Gasteiger partial charge in [-0.05, 0) is 71.7 Å². The first-order chi connectivity index (χ1) is 13.0. The van der Waals surface area contributed by atoms with Crippen molar-refractivity contribution in [1.29, 1.82) is 0 Å². The summed E-state index contributed by atoms with van der Waals surface area (Å²) >= 11 is 3.46. The quantitative estimate of drug-likeness (QED) is 0.487. The van der Waals surface area contributed by atoms with Crippen LogP contribution in [-0.2, 0) is 9.53 Å². The van der Waals surface area contributed by atoms with Crippen molar-refractivity contribution in [2.24, 2.45) is 4.99 Å². The highest BCUT2D eigenvalue weighted by molar-refractivity contribution is 9.10. The molecule has 0 aliphatic carbocycles. The molecule has 0 atom stereocenters. The van der Waals surface area contributed by atoms with Gasteiger partial charge in [0.25, 0.3) is 0 Å². The normalized spacial score (nSPS) is 14.9. The highest BCUT2D eigenvalue weighted by Crippen LogP contribution is 2.37. The van der Waals surface area contributed by atoms with Gasteiger partial charge < -0.3 is 14.2 Å². The summed E-state index contributed by atoms with van der Waals surface area (Å²) in [5.74, 6) is 0.194. The van der Waals surface area contributed by atoms with Gasteiger partial charge in [-0.1, -0.05) is 6.07 Å². The number of esters is 1. The standard InChI is InChI=1S/C20H17BrFNO4/c1-3-25-17-10-12(8-15(21)18(17)26-4-2)9-16-20(24)27-19(23-16)13-6-5-7-14(22)11-13/h5-11H,3-4H2,1-2H3/b16-9+. The fraction of sp³-hybridized carbons (Fsp3) is 0.200. The number of hydrogen-bond acceptors (Lipinski definition) is 5. The summed E-state index contributed by atoms with van der Waals surface area (Å²) < 4.78 is 30.5. The van der Waals surface area contributed by atoms with Gasteiger partial charge in [0.1, 0.15) is 5.82 Å². The SMILES string of the molecule is CCOc1cc(/C=C2/N=C(c3cccc(F)c3)OC2=O)cc(Br)c1OCC. The van der Waals surface area contributed by atoms with Gasteiger partial charge >= 0.3 is 5.97 Å². The maximum Gasteiger partial charge on any atom is 0.363 e. The van der Waals surface area contributed by atoms with Crippen molar-refractivity contribution < 1.29 is 23.4 Å². The molecule has 1 heterocycles. The van der Waals surface area contributed by atoms with Crippen LogP contribution in [0, 0.1) is 5.82 Å². The molecule has 0 fully saturated rings. The molecule has 7 heteroatoms. The Hall–Kier alpha value is -2.67. The maximum absolute atomic E-state index is 13.4. The number of carbonyl (C=O) groups excluding carboxylic acids is 1. The van der Waals surface area contributed by atoms with E-state index in [4.69, 9.17) is 14.2 Å². The predicted octanol–water partition coefficient (Wildman–Crippen LogP) is 4.73. The van der Waals surface area contributed by atoms with Crippen LogP contribution in [-0.4, -0.2) is 25.1 Å². The highest BCUT2D eigenvalue weighted by Gasteiger charge is 2.24. The van der Waals surface area contributed by atoms with E-state index < -0.39 is 11.8 Å². The number of carbonyl (C=O) groups is 1. The summed E-state index contributed by atoms with van der Waals surface area (Å²) in [6, 6.07) is 9.28. The lowest BCUT2D eigenvalue weighted by atomic mass is 10.1. The van der Waals surface area contributed by atoms with Crippen LogP contribution in [0.3, 0.4) is 0 Å². The molecular formula is C20H17BrFNO4. The molecule has 1 aliphatic rings. The van der Waals surface area contributed by atoms with Gasteiger partial charge in [-0.3, -0.25) is 0 Å². The Balaban J connectivity index is 1.97.